The standard InChI is InChI=1S/C21H42N4O3.HI/c1-5-22-21(23-11-9-7-6-8-10-20(26)27-4)24-17-19(16-18(2)3)25-12-14-28-15-13-25;/h18-19H,5-17H2,1-4H3,(H2,22,23,24);1H. The molecule has 0 aliphatic carbocycles. The van der Waals surface area contributed by atoms with E-state index < -0.39 is 0 Å². The Hall–Kier alpha value is -0.610. The molecule has 1 saturated heterocycles. The van der Waals surface area contributed by atoms with E-state index in [-0.39, 0.29) is 29.9 Å². The number of ether oxygens (including phenoxy) is 2. The third kappa shape index (κ3) is 14.1. The van der Waals surface area contributed by atoms with Crippen molar-refractivity contribution < 1.29 is 14.3 Å². The number of guanidine groups is 1. The lowest BCUT2D eigenvalue weighted by Gasteiger charge is -2.34. The lowest BCUT2D eigenvalue weighted by molar-refractivity contribution is -0.140. The van der Waals surface area contributed by atoms with Crippen molar-refractivity contribution in [3.05, 3.63) is 0 Å². The van der Waals surface area contributed by atoms with Crippen molar-refractivity contribution in [2.75, 3.05) is 53.0 Å². The van der Waals surface area contributed by atoms with Crippen LogP contribution in [0.25, 0.3) is 0 Å². The molecule has 1 aliphatic heterocycles. The number of carbonyl (C=O) groups is 1. The second-order valence-corrected chi connectivity index (χ2v) is 7.82. The number of methoxy groups -OCH3 is 1. The van der Waals surface area contributed by atoms with Crippen molar-refractivity contribution >= 4 is 35.9 Å². The number of morpholine rings is 1. The molecule has 0 spiro atoms. The van der Waals surface area contributed by atoms with Crippen LogP contribution in [0.3, 0.4) is 0 Å². The van der Waals surface area contributed by atoms with Gasteiger partial charge in [0.1, 0.15) is 0 Å². The van der Waals surface area contributed by atoms with Gasteiger partial charge in [0.2, 0.25) is 0 Å². The molecule has 7 nitrogen and oxygen atoms in total. The van der Waals surface area contributed by atoms with Gasteiger partial charge in [-0.3, -0.25) is 14.7 Å². The molecule has 1 heterocycles. The van der Waals surface area contributed by atoms with Crippen molar-refractivity contribution in [2.24, 2.45) is 10.9 Å². The Morgan fingerprint density at radius 2 is 1.83 bits per heavy atom. The van der Waals surface area contributed by atoms with E-state index in [0.29, 0.717) is 18.4 Å². The van der Waals surface area contributed by atoms with Gasteiger partial charge >= 0.3 is 5.97 Å². The summed E-state index contributed by atoms with van der Waals surface area (Å²) in [5.74, 6) is 1.44. The maximum atomic E-state index is 11.1. The fourth-order valence-corrected chi connectivity index (χ4v) is 3.42. The number of halogens is 1. The minimum Gasteiger partial charge on any atom is -0.469 e. The van der Waals surface area contributed by atoms with E-state index in [4.69, 9.17) is 9.73 Å². The van der Waals surface area contributed by atoms with Crippen LogP contribution in [-0.4, -0.2) is 75.9 Å². The maximum Gasteiger partial charge on any atom is 0.305 e. The Kier molecular flexibility index (Phi) is 17.8. The Morgan fingerprint density at radius 3 is 2.45 bits per heavy atom. The van der Waals surface area contributed by atoms with E-state index in [1.54, 1.807) is 0 Å². The van der Waals surface area contributed by atoms with E-state index in [1.165, 1.54) is 7.11 Å². The fourth-order valence-electron chi connectivity index (χ4n) is 3.42. The summed E-state index contributed by atoms with van der Waals surface area (Å²) >= 11 is 0. The van der Waals surface area contributed by atoms with E-state index >= 15 is 0 Å². The van der Waals surface area contributed by atoms with E-state index in [0.717, 1.165) is 84.0 Å². The molecule has 0 saturated carbocycles. The first kappa shape index (κ1) is 28.4. The predicted octanol–water partition coefficient (Wildman–Crippen LogP) is 3.03. The molecule has 1 aliphatic rings. The minimum atomic E-state index is -0.115. The number of rotatable bonds is 13. The average molecular weight is 527 g/mol. The van der Waals surface area contributed by atoms with Crippen LogP contribution in [0.4, 0.5) is 0 Å². The van der Waals surface area contributed by atoms with Crippen molar-refractivity contribution in [3.8, 4) is 0 Å². The highest BCUT2D eigenvalue weighted by atomic mass is 127. The fraction of sp³-hybridized carbons (Fsp3) is 0.905. The van der Waals surface area contributed by atoms with Crippen molar-refractivity contribution in [1.29, 1.82) is 0 Å². The molecule has 0 radical (unpaired) electrons. The second-order valence-electron chi connectivity index (χ2n) is 7.82. The van der Waals surface area contributed by atoms with Gasteiger partial charge in [0.15, 0.2) is 5.96 Å². The van der Waals surface area contributed by atoms with Gasteiger partial charge in [-0.2, -0.15) is 0 Å². The maximum absolute atomic E-state index is 11.1. The molecule has 1 rings (SSSR count). The van der Waals surface area contributed by atoms with Gasteiger partial charge in [0.05, 0.1) is 26.9 Å². The van der Waals surface area contributed by atoms with Crippen LogP contribution >= 0.6 is 24.0 Å². The van der Waals surface area contributed by atoms with Gasteiger partial charge < -0.3 is 20.1 Å². The Balaban J connectivity index is 0.00000784. The highest BCUT2D eigenvalue weighted by molar-refractivity contribution is 14.0. The van der Waals surface area contributed by atoms with Gasteiger partial charge in [-0.05, 0) is 32.1 Å². The number of nitrogens with one attached hydrogen (secondary N) is 2. The van der Waals surface area contributed by atoms with Gasteiger partial charge in [0, 0.05) is 38.6 Å². The molecular weight excluding hydrogens is 483 g/mol. The third-order valence-electron chi connectivity index (χ3n) is 4.94. The summed E-state index contributed by atoms with van der Waals surface area (Å²) in [6.45, 7) is 12.9. The van der Waals surface area contributed by atoms with Gasteiger partial charge in [0.25, 0.3) is 0 Å². The molecule has 2 N–H and O–H groups in total. The predicted molar refractivity (Wildman–Crippen MR) is 130 cm³/mol. The van der Waals surface area contributed by atoms with Crippen molar-refractivity contribution in [2.45, 2.75) is 65.3 Å². The van der Waals surface area contributed by atoms with E-state index in [2.05, 4.69) is 41.0 Å². The first-order valence-corrected chi connectivity index (χ1v) is 11.0. The van der Waals surface area contributed by atoms with Gasteiger partial charge in [-0.1, -0.05) is 26.7 Å². The van der Waals surface area contributed by atoms with Crippen LogP contribution in [0.2, 0.25) is 0 Å². The van der Waals surface area contributed by atoms with Crippen LogP contribution < -0.4 is 10.6 Å². The molecule has 1 atom stereocenters. The van der Waals surface area contributed by atoms with Crippen LogP contribution in [0.15, 0.2) is 4.99 Å². The van der Waals surface area contributed by atoms with Crippen LogP contribution in [-0.2, 0) is 14.3 Å². The minimum absolute atomic E-state index is 0. The molecule has 0 aromatic rings. The molecule has 172 valence electrons. The summed E-state index contributed by atoms with van der Waals surface area (Å²) in [7, 11) is 1.44. The summed E-state index contributed by atoms with van der Waals surface area (Å²) in [5, 5.41) is 6.80. The van der Waals surface area contributed by atoms with Crippen molar-refractivity contribution in [1.82, 2.24) is 15.5 Å². The number of carbonyl (C=O) groups excluding carboxylic acids is 1. The van der Waals surface area contributed by atoms with Crippen LogP contribution in [0.1, 0.15) is 59.3 Å². The first-order chi connectivity index (χ1) is 13.6. The average Bonchev–Trinajstić information content (AvgIpc) is 2.70. The Labute approximate surface area is 194 Å². The number of aliphatic imine (C=N–C) groups is 1. The van der Waals surface area contributed by atoms with Crippen molar-refractivity contribution in [3.63, 3.8) is 0 Å². The molecule has 0 amide bonds. The summed E-state index contributed by atoms with van der Waals surface area (Å²) in [6.07, 6.45) is 5.81. The Bertz CT molecular complexity index is 444. The third-order valence-corrected chi connectivity index (χ3v) is 4.94. The monoisotopic (exact) mass is 526 g/mol. The molecule has 0 aromatic heterocycles. The smallest absolute Gasteiger partial charge is 0.305 e. The first-order valence-electron chi connectivity index (χ1n) is 11.0. The molecule has 0 aromatic carbocycles. The van der Waals surface area contributed by atoms with E-state index in [9.17, 15) is 4.79 Å². The number of unbranched alkanes of at least 4 members (excludes halogenated alkanes) is 3. The molecule has 1 unspecified atom stereocenters. The number of nitrogens with zero attached hydrogens (tertiary/aromatic N) is 2. The quantitative estimate of drug-likeness (QED) is 0.126. The zero-order chi connectivity index (χ0) is 20.6. The van der Waals surface area contributed by atoms with Crippen LogP contribution in [0, 0.1) is 5.92 Å². The molecule has 29 heavy (non-hydrogen) atoms. The summed E-state index contributed by atoms with van der Waals surface area (Å²) in [6, 6.07) is 0.470. The highest BCUT2D eigenvalue weighted by Crippen LogP contribution is 2.14. The highest BCUT2D eigenvalue weighted by Gasteiger charge is 2.21. The van der Waals surface area contributed by atoms with Gasteiger partial charge in [-0.25, -0.2) is 0 Å². The number of hydrogen-bond acceptors (Lipinski definition) is 5. The zero-order valence-electron chi connectivity index (χ0n) is 18.9. The summed E-state index contributed by atoms with van der Waals surface area (Å²) in [4.78, 5) is 18.5. The molecule has 8 heteroatoms. The zero-order valence-corrected chi connectivity index (χ0v) is 21.2. The van der Waals surface area contributed by atoms with Gasteiger partial charge in [-0.15, -0.1) is 24.0 Å². The van der Waals surface area contributed by atoms with Crippen LogP contribution in [0.5, 0.6) is 0 Å². The lowest BCUT2D eigenvalue weighted by Crippen LogP contribution is -2.46. The SMILES string of the molecule is CCNC(=NCC(CC(C)C)N1CCOCC1)NCCCCCCC(=O)OC.I. The number of hydrogen-bond donors (Lipinski definition) is 2. The molecule has 0 bridgehead atoms. The summed E-state index contributed by atoms with van der Waals surface area (Å²) in [5.41, 5.74) is 0. The van der Waals surface area contributed by atoms with E-state index in [1.807, 2.05) is 0 Å². The molecule has 1 fully saturated rings. The topological polar surface area (TPSA) is 75.2 Å². The second kappa shape index (κ2) is 18.2. The molecular formula is C21H43IN4O3. The summed E-state index contributed by atoms with van der Waals surface area (Å²) < 4.78 is 10.2. The lowest BCUT2D eigenvalue weighted by atomic mass is 10.0. The largest absolute Gasteiger partial charge is 0.469 e. The number of esters is 1. The normalized spacial score (nSPS) is 16.2. The Morgan fingerprint density at radius 1 is 1.14 bits per heavy atom.